The zero-order valence-electron chi connectivity index (χ0n) is 17.2. The molecule has 31 heavy (non-hydrogen) atoms. The van der Waals surface area contributed by atoms with Gasteiger partial charge in [0.2, 0.25) is 0 Å². The number of hydrogen-bond acceptors (Lipinski definition) is 5. The van der Waals surface area contributed by atoms with Crippen molar-refractivity contribution < 1.29 is 18.3 Å². The molecule has 1 N–H and O–H groups in total. The predicted molar refractivity (Wildman–Crippen MR) is 119 cm³/mol. The number of allylic oxidation sites excluding steroid dienone is 1. The summed E-state index contributed by atoms with van der Waals surface area (Å²) in [6, 6.07) is 5.59. The molecule has 1 aromatic carbocycles. The number of carbonyl (C=O) groups is 1. The summed E-state index contributed by atoms with van der Waals surface area (Å²) in [5.74, 6) is -0.594. The van der Waals surface area contributed by atoms with Crippen LogP contribution < -0.4 is 0 Å². The molecule has 3 heterocycles. The molecule has 3 aromatic rings. The molecule has 7 nitrogen and oxygen atoms in total. The van der Waals surface area contributed by atoms with Gasteiger partial charge in [-0.25, -0.2) is 18.2 Å². The zero-order chi connectivity index (χ0) is 21.8. The third kappa shape index (κ3) is 3.65. The van der Waals surface area contributed by atoms with Crippen LogP contribution in [0.1, 0.15) is 58.0 Å². The van der Waals surface area contributed by atoms with Crippen molar-refractivity contribution in [1.82, 2.24) is 14.8 Å². The van der Waals surface area contributed by atoms with Gasteiger partial charge in [0.05, 0.1) is 40.5 Å². The molecule has 1 aliphatic carbocycles. The van der Waals surface area contributed by atoms with Crippen molar-refractivity contribution in [2.24, 2.45) is 0 Å². The molecule has 1 aliphatic heterocycles. The fraction of sp³-hybridized carbons (Fsp3) is 0.348. The fourth-order valence-corrected chi connectivity index (χ4v) is 6.40. The maximum absolute atomic E-state index is 12.2. The number of rotatable bonds is 3. The van der Waals surface area contributed by atoms with Gasteiger partial charge >= 0.3 is 5.97 Å². The molecule has 0 amide bonds. The largest absolute Gasteiger partial charge is 0.478 e. The Hall–Kier alpha value is -3.00. The van der Waals surface area contributed by atoms with Crippen LogP contribution in [0.15, 0.2) is 30.6 Å². The highest BCUT2D eigenvalue weighted by molar-refractivity contribution is 7.91. The quantitative estimate of drug-likeness (QED) is 0.671. The Morgan fingerprint density at radius 1 is 1.29 bits per heavy atom. The van der Waals surface area contributed by atoms with E-state index < -0.39 is 15.8 Å². The van der Waals surface area contributed by atoms with E-state index >= 15 is 0 Å². The zero-order valence-corrected chi connectivity index (χ0v) is 18.0. The lowest BCUT2D eigenvalue weighted by Gasteiger charge is -2.21. The lowest BCUT2D eigenvalue weighted by Crippen LogP contribution is -2.13. The molecule has 5 rings (SSSR count). The van der Waals surface area contributed by atoms with Crippen molar-refractivity contribution in [2.75, 3.05) is 11.5 Å². The molecule has 1 atom stereocenters. The third-order valence-corrected chi connectivity index (χ3v) is 7.93. The van der Waals surface area contributed by atoms with Crippen molar-refractivity contribution in [2.45, 2.75) is 38.6 Å². The molecule has 2 aliphatic rings. The van der Waals surface area contributed by atoms with Gasteiger partial charge in [-0.3, -0.25) is 4.68 Å². The van der Waals surface area contributed by atoms with Gasteiger partial charge in [0.25, 0.3) is 0 Å². The van der Waals surface area contributed by atoms with Gasteiger partial charge in [-0.2, -0.15) is 5.10 Å². The topological polar surface area (TPSA) is 102 Å². The summed E-state index contributed by atoms with van der Waals surface area (Å²) in [6.07, 6.45) is 8.53. The van der Waals surface area contributed by atoms with Crippen LogP contribution in [0.25, 0.3) is 22.6 Å². The van der Waals surface area contributed by atoms with Gasteiger partial charge in [-0.05, 0) is 62.0 Å². The first-order valence-corrected chi connectivity index (χ1v) is 12.2. The number of aryl methyl sites for hydroxylation is 1. The maximum atomic E-state index is 12.2. The molecular weight excluding hydrogens is 414 g/mol. The van der Waals surface area contributed by atoms with Crippen molar-refractivity contribution in [3.05, 3.63) is 58.5 Å². The van der Waals surface area contributed by atoms with E-state index in [1.165, 1.54) is 0 Å². The molecular formula is C23H23N3O4S. The average molecular weight is 438 g/mol. The first kappa shape index (κ1) is 19.9. The first-order valence-electron chi connectivity index (χ1n) is 10.4. The summed E-state index contributed by atoms with van der Waals surface area (Å²) in [4.78, 5) is 17.0. The summed E-state index contributed by atoms with van der Waals surface area (Å²) >= 11 is 0. The second-order valence-corrected chi connectivity index (χ2v) is 10.7. The SMILES string of the molecule is Cc1ccc2nc3c(c(C(=O)O)c2c1)CCCC3=Cc1cnn(C2CCS(=O)(=O)C2)c1. The normalized spacial score (nSPS) is 21.5. The Balaban J connectivity index is 1.58. The molecule has 8 heteroatoms. The van der Waals surface area contributed by atoms with Gasteiger partial charge < -0.3 is 5.11 Å². The second kappa shape index (κ2) is 7.30. The summed E-state index contributed by atoms with van der Waals surface area (Å²) in [5.41, 5.74) is 5.43. The van der Waals surface area contributed by atoms with Crippen LogP contribution in [0.2, 0.25) is 0 Å². The molecule has 160 valence electrons. The number of carboxylic acid groups (broad SMARTS) is 1. The van der Waals surface area contributed by atoms with Gasteiger partial charge in [-0.15, -0.1) is 0 Å². The Morgan fingerprint density at radius 2 is 2.13 bits per heavy atom. The minimum absolute atomic E-state index is 0.125. The van der Waals surface area contributed by atoms with E-state index in [-0.39, 0.29) is 17.5 Å². The van der Waals surface area contributed by atoms with Crippen LogP contribution in [0.5, 0.6) is 0 Å². The van der Waals surface area contributed by atoms with E-state index in [4.69, 9.17) is 4.98 Å². The number of hydrogen-bond donors (Lipinski definition) is 1. The smallest absolute Gasteiger partial charge is 0.336 e. The fourth-order valence-electron chi connectivity index (χ4n) is 4.70. The van der Waals surface area contributed by atoms with Crippen LogP contribution in [-0.4, -0.2) is 45.8 Å². The van der Waals surface area contributed by atoms with Gasteiger partial charge in [0.15, 0.2) is 9.84 Å². The minimum Gasteiger partial charge on any atom is -0.478 e. The monoisotopic (exact) mass is 437 g/mol. The minimum atomic E-state index is -2.98. The summed E-state index contributed by atoms with van der Waals surface area (Å²) in [7, 11) is -2.98. The van der Waals surface area contributed by atoms with Crippen molar-refractivity contribution in [1.29, 1.82) is 0 Å². The number of aromatic carboxylic acids is 1. The summed E-state index contributed by atoms with van der Waals surface area (Å²) < 4.78 is 25.3. The number of aromatic nitrogens is 3. The van der Waals surface area contributed by atoms with E-state index in [1.807, 2.05) is 37.4 Å². The van der Waals surface area contributed by atoms with E-state index in [9.17, 15) is 18.3 Å². The lowest BCUT2D eigenvalue weighted by atomic mass is 9.86. The molecule has 0 saturated carbocycles. The lowest BCUT2D eigenvalue weighted by molar-refractivity contribution is 0.0697. The first-order chi connectivity index (χ1) is 14.8. The molecule has 0 radical (unpaired) electrons. The second-order valence-electron chi connectivity index (χ2n) is 8.47. The van der Waals surface area contributed by atoms with E-state index in [2.05, 4.69) is 5.10 Å². The highest BCUT2D eigenvalue weighted by atomic mass is 32.2. The third-order valence-electron chi connectivity index (χ3n) is 6.18. The Morgan fingerprint density at radius 3 is 2.87 bits per heavy atom. The van der Waals surface area contributed by atoms with E-state index in [0.29, 0.717) is 29.3 Å². The number of nitrogens with zero attached hydrogens (tertiary/aromatic N) is 3. The Labute approximate surface area is 180 Å². The average Bonchev–Trinajstić information content (AvgIpc) is 3.32. The Kier molecular flexibility index (Phi) is 4.69. The van der Waals surface area contributed by atoms with Crippen LogP contribution in [-0.2, 0) is 16.3 Å². The summed E-state index contributed by atoms with van der Waals surface area (Å²) in [6.45, 7) is 1.95. The van der Waals surface area contributed by atoms with Crippen LogP contribution in [0, 0.1) is 6.92 Å². The van der Waals surface area contributed by atoms with Crippen LogP contribution in [0.3, 0.4) is 0 Å². The van der Waals surface area contributed by atoms with Crippen molar-refractivity contribution in [3.63, 3.8) is 0 Å². The summed E-state index contributed by atoms with van der Waals surface area (Å²) in [5, 5.41) is 15.0. The molecule has 2 aromatic heterocycles. The Bertz CT molecular complexity index is 1350. The molecule has 0 bridgehead atoms. The van der Waals surface area contributed by atoms with Crippen molar-refractivity contribution >= 4 is 38.4 Å². The predicted octanol–water partition coefficient (Wildman–Crippen LogP) is 3.67. The molecule has 0 spiro atoms. The van der Waals surface area contributed by atoms with Crippen molar-refractivity contribution in [3.8, 4) is 0 Å². The number of carboxylic acids is 1. The van der Waals surface area contributed by atoms with Crippen LogP contribution >= 0.6 is 0 Å². The standard InChI is InChI=1S/C23H23N3O4S/c1-14-5-6-20-19(9-14)21(23(27)28)18-4-2-3-16(22(18)25-20)10-15-11-24-26(12-15)17-7-8-31(29,30)13-17/h5-6,9-12,17H,2-4,7-8,13H2,1H3,(H,27,28). The number of sulfone groups is 1. The number of pyridine rings is 1. The maximum Gasteiger partial charge on any atom is 0.336 e. The molecule has 1 fully saturated rings. The number of benzene rings is 1. The highest BCUT2D eigenvalue weighted by Gasteiger charge is 2.30. The van der Waals surface area contributed by atoms with Gasteiger partial charge in [0, 0.05) is 17.1 Å². The van der Waals surface area contributed by atoms with E-state index in [0.717, 1.165) is 40.8 Å². The van der Waals surface area contributed by atoms with Crippen LogP contribution in [0.4, 0.5) is 0 Å². The molecule has 1 unspecified atom stereocenters. The van der Waals surface area contributed by atoms with Gasteiger partial charge in [0.1, 0.15) is 0 Å². The van der Waals surface area contributed by atoms with Gasteiger partial charge in [-0.1, -0.05) is 11.6 Å². The highest BCUT2D eigenvalue weighted by Crippen LogP contribution is 2.36. The molecule has 1 saturated heterocycles. The van der Waals surface area contributed by atoms with E-state index in [1.54, 1.807) is 10.9 Å². The number of fused-ring (bicyclic) bond motifs is 2.